The largest absolute Gasteiger partial charge is 0.465 e. The van der Waals surface area contributed by atoms with Crippen LogP contribution in [0.25, 0.3) is 0 Å². The molecule has 1 rings (SSSR count). The van der Waals surface area contributed by atoms with Crippen LogP contribution in [-0.2, 0) is 9.47 Å². The van der Waals surface area contributed by atoms with Gasteiger partial charge in [-0.2, -0.15) is 0 Å². The van der Waals surface area contributed by atoms with Gasteiger partial charge >= 0.3 is 5.97 Å². The van der Waals surface area contributed by atoms with Gasteiger partial charge in [0.2, 0.25) is 0 Å². The molecule has 0 saturated heterocycles. The fraction of sp³-hybridized carbons (Fsp3) is 0.417. The van der Waals surface area contributed by atoms with Crippen LogP contribution in [0.5, 0.6) is 0 Å². The SMILES string of the molecule is COC(=O)c1cc(NCCOCCO)c([N+](=O)[O-])cc1F. The van der Waals surface area contributed by atoms with Gasteiger partial charge in [0.1, 0.15) is 11.5 Å². The van der Waals surface area contributed by atoms with Gasteiger partial charge in [-0.1, -0.05) is 0 Å². The van der Waals surface area contributed by atoms with Gasteiger partial charge in [0, 0.05) is 6.54 Å². The Labute approximate surface area is 119 Å². The highest BCUT2D eigenvalue weighted by atomic mass is 19.1. The molecular weight excluding hydrogens is 287 g/mol. The Morgan fingerprint density at radius 2 is 2.19 bits per heavy atom. The molecule has 0 fully saturated rings. The number of methoxy groups -OCH3 is 1. The van der Waals surface area contributed by atoms with Crippen LogP contribution in [0, 0.1) is 15.9 Å². The number of carbonyl (C=O) groups is 1. The van der Waals surface area contributed by atoms with Gasteiger partial charge < -0.3 is 19.9 Å². The summed E-state index contributed by atoms with van der Waals surface area (Å²) in [6, 6.07) is 1.68. The molecule has 0 bridgehead atoms. The Morgan fingerprint density at radius 1 is 1.48 bits per heavy atom. The van der Waals surface area contributed by atoms with Crippen LogP contribution in [0.15, 0.2) is 12.1 Å². The number of benzene rings is 1. The van der Waals surface area contributed by atoms with Crippen LogP contribution in [0.4, 0.5) is 15.8 Å². The summed E-state index contributed by atoms with van der Waals surface area (Å²) >= 11 is 0. The number of nitro benzene ring substituents is 1. The van der Waals surface area contributed by atoms with Crippen molar-refractivity contribution in [1.82, 2.24) is 0 Å². The van der Waals surface area contributed by atoms with Gasteiger partial charge in [0.25, 0.3) is 5.69 Å². The Bertz CT molecular complexity index is 523. The Hall–Kier alpha value is -2.26. The summed E-state index contributed by atoms with van der Waals surface area (Å²) < 4.78 is 23.0. The lowest BCUT2D eigenvalue weighted by atomic mass is 10.1. The van der Waals surface area contributed by atoms with Crippen LogP contribution >= 0.6 is 0 Å². The summed E-state index contributed by atoms with van der Waals surface area (Å²) in [5.74, 6) is -1.96. The maximum Gasteiger partial charge on any atom is 0.340 e. The first-order valence-electron chi connectivity index (χ1n) is 6.00. The van der Waals surface area contributed by atoms with E-state index in [4.69, 9.17) is 9.84 Å². The van der Waals surface area contributed by atoms with Gasteiger partial charge in [-0.05, 0) is 6.07 Å². The third kappa shape index (κ3) is 4.65. The highest BCUT2D eigenvalue weighted by molar-refractivity contribution is 5.91. The number of esters is 1. The van der Waals surface area contributed by atoms with E-state index in [1.807, 2.05) is 0 Å². The summed E-state index contributed by atoms with van der Waals surface area (Å²) in [5.41, 5.74) is -0.918. The van der Waals surface area contributed by atoms with Gasteiger partial charge in [0.05, 0.1) is 43.5 Å². The second kappa shape index (κ2) is 8.12. The number of anilines is 1. The molecule has 9 heteroatoms. The van der Waals surface area contributed by atoms with Crippen LogP contribution in [0.1, 0.15) is 10.4 Å². The van der Waals surface area contributed by atoms with E-state index in [1.165, 1.54) is 0 Å². The zero-order valence-corrected chi connectivity index (χ0v) is 11.3. The molecule has 1 aromatic rings. The standard InChI is InChI=1S/C12H15FN2O6/c1-20-12(17)8-6-10(14-2-4-21-5-3-16)11(15(18)19)7-9(8)13/h6-7,14,16H,2-5H2,1H3. The van der Waals surface area contributed by atoms with E-state index in [-0.39, 0.29) is 32.1 Å². The van der Waals surface area contributed by atoms with E-state index in [9.17, 15) is 19.3 Å². The van der Waals surface area contributed by atoms with E-state index in [1.54, 1.807) is 0 Å². The quantitative estimate of drug-likeness (QED) is 0.318. The first kappa shape index (κ1) is 16.8. The van der Waals surface area contributed by atoms with Crippen molar-refractivity contribution in [1.29, 1.82) is 0 Å². The summed E-state index contributed by atoms with van der Waals surface area (Å²) in [5, 5.41) is 22.1. The van der Waals surface area contributed by atoms with Crippen molar-refractivity contribution in [3.8, 4) is 0 Å². The van der Waals surface area contributed by atoms with E-state index in [0.29, 0.717) is 6.07 Å². The molecule has 0 atom stereocenters. The predicted octanol–water partition coefficient (Wildman–Crippen LogP) is 0.941. The van der Waals surface area contributed by atoms with E-state index in [2.05, 4.69) is 10.1 Å². The van der Waals surface area contributed by atoms with Gasteiger partial charge in [-0.25, -0.2) is 9.18 Å². The molecule has 0 unspecified atom stereocenters. The summed E-state index contributed by atoms with van der Waals surface area (Å²) in [4.78, 5) is 21.5. The first-order valence-corrected chi connectivity index (χ1v) is 6.00. The lowest BCUT2D eigenvalue weighted by molar-refractivity contribution is -0.384. The third-order valence-corrected chi connectivity index (χ3v) is 2.48. The number of nitrogens with zero attached hydrogens (tertiary/aromatic N) is 1. The zero-order valence-electron chi connectivity index (χ0n) is 11.3. The molecule has 21 heavy (non-hydrogen) atoms. The molecule has 0 aliphatic rings. The number of halogens is 1. The lowest BCUT2D eigenvalue weighted by Crippen LogP contribution is -2.14. The van der Waals surface area contributed by atoms with Crippen molar-refractivity contribution < 1.29 is 28.7 Å². The number of aliphatic hydroxyl groups is 1. The van der Waals surface area contributed by atoms with Crippen molar-refractivity contribution in [3.63, 3.8) is 0 Å². The fourth-order valence-electron chi connectivity index (χ4n) is 1.55. The molecule has 2 N–H and O–H groups in total. The second-order valence-corrected chi connectivity index (χ2v) is 3.86. The minimum Gasteiger partial charge on any atom is -0.465 e. The second-order valence-electron chi connectivity index (χ2n) is 3.86. The molecule has 0 amide bonds. The smallest absolute Gasteiger partial charge is 0.340 e. The highest BCUT2D eigenvalue weighted by Gasteiger charge is 2.22. The maximum atomic E-state index is 13.6. The number of rotatable bonds is 8. The average molecular weight is 302 g/mol. The van der Waals surface area contributed by atoms with Crippen molar-refractivity contribution >= 4 is 17.3 Å². The molecule has 1 aromatic carbocycles. The first-order chi connectivity index (χ1) is 10.0. The van der Waals surface area contributed by atoms with E-state index < -0.39 is 28.0 Å². The Balaban J connectivity index is 2.92. The number of ether oxygens (including phenoxy) is 2. The third-order valence-electron chi connectivity index (χ3n) is 2.48. The Morgan fingerprint density at radius 3 is 2.76 bits per heavy atom. The summed E-state index contributed by atoms with van der Waals surface area (Å²) in [6.45, 7) is 0.375. The molecule has 0 radical (unpaired) electrons. The number of carbonyl (C=O) groups excluding carboxylic acids is 1. The van der Waals surface area contributed by atoms with Gasteiger partial charge in [-0.15, -0.1) is 0 Å². The number of nitro groups is 1. The summed E-state index contributed by atoms with van der Waals surface area (Å²) in [7, 11) is 1.08. The normalized spacial score (nSPS) is 10.2. The van der Waals surface area contributed by atoms with Gasteiger partial charge in [0.15, 0.2) is 0 Å². The van der Waals surface area contributed by atoms with Crippen molar-refractivity contribution in [2.24, 2.45) is 0 Å². The maximum absolute atomic E-state index is 13.6. The van der Waals surface area contributed by atoms with Crippen LogP contribution in [-0.4, -0.2) is 49.5 Å². The number of nitrogens with one attached hydrogen (secondary N) is 1. The molecule has 0 spiro atoms. The van der Waals surface area contributed by atoms with Crippen molar-refractivity contribution in [2.45, 2.75) is 0 Å². The average Bonchev–Trinajstić information content (AvgIpc) is 2.47. The lowest BCUT2D eigenvalue weighted by Gasteiger charge is -2.09. The van der Waals surface area contributed by atoms with E-state index in [0.717, 1.165) is 13.2 Å². The number of aliphatic hydroxyl groups excluding tert-OH is 1. The molecule has 0 saturated carbocycles. The van der Waals surface area contributed by atoms with Crippen molar-refractivity contribution in [2.75, 3.05) is 38.8 Å². The molecule has 0 aromatic heterocycles. The molecular formula is C12H15FN2O6. The monoisotopic (exact) mass is 302 g/mol. The topological polar surface area (TPSA) is 111 Å². The molecule has 8 nitrogen and oxygen atoms in total. The highest BCUT2D eigenvalue weighted by Crippen LogP contribution is 2.28. The molecule has 0 aliphatic carbocycles. The minimum atomic E-state index is -1.03. The predicted molar refractivity (Wildman–Crippen MR) is 70.8 cm³/mol. The van der Waals surface area contributed by atoms with Crippen LogP contribution in [0.3, 0.4) is 0 Å². The molecule has 0 heterocycles. The summed E-state index contributed by atoms with van der Waals surface area (Å²) in [6.07, 6.45) is 0. The van der Waals surface area contributed by atoms with Crippen molar-refractivity contribution in [3.05, 3.63) is 33.6 Å². The molecule has 116 valence electrons. The zero-order chi connectivity index (χ0) is 15.8. The fourth-order valence-corrected chi connectivity index (χ4v) is 1.55. The minimum absolute atomic E-state index is 0.0191. The van der Waals surface area contributed by atoms with E-state index >= 15 is 0 Å². The Kier molecular flexibility index (Phi) is 6.50. The molecule has 0 aliphatic heterocycles. The van der Waals surface area contributed by atoms with Crippen LogP contribution in [0.2, 0.25) is 0 Å². The van der Waals surface area contributed by atoms with Crippen LogP contribution < -0.4 is 5.32 Å². The number of hydrogen-bond acceptors (Lipinski definition) is 7. The number of hydrogen-bond donors (Lipinski definition) is 2. The van der Waals surface area contributed by atoms with Gasteiger partial charge in [-0.3, -0.25) is 10.1 Å².